The first-order valence-electron chi connectivity index (χ1n) is 6.75. The summed E-state index contributed by atoms with van der Waals surface area (Å²) in [5.74, 6) is 0. The molecule has 114 valence electrons. The zero-order valence-electron chi connectivity index (χ0n) is 11.4. The van der Waals surface area contributed by atoms with Gasteiger partial charge in [-0.15, -0.1) is 0 Å². The second kappa shape index (κ2) is 6.76. The zero-order valence-corrected chi connectivity index (χ0v) is 11.4. The van der Waals surface area contributed by atoms with Gasteiger partial charge in [0.15, 0.2) is 0 Å². The molecular formula is C15H17F3N2O. The molecule has 0 fully saturated rings. The molecule has 1 atom stereocenters. The van der Waals surface area contributed by atoms with Crippen LogP contribution in [0.2, 0.25) is 0 Å². The maximum absolute atomic E-state index is 12.4. The number of hydrogen-bond acceptors (Lipinski definition) is 2. The Labute approximate surface area is 121 Å². The lowest BCUT2D eigenvalue weighted by Gasteiger charge is -2.11. The van der Waals surface area contributed by atoms with Crippen LogP contribution in [0.1, 0.15) is 24.0 Å². The minimum atomic E-state index is -4.29. The summed E-state index contributed by atoms with van der Waals surface area (Å²) in [7, 11) is 0. The molecule has 1 heterocycles. The van der Waals surface area contributed by atoms with Crippen molar-refractivity contribution < 1.29 is 18.3 Å². The molecule has 0 bridgehead atoms. The molecule has 0 radical (unpaired) electrons. The Morgan fingerprint density at radius 2 is 1.90 bits per heavy atom. The topological polar surface area (TPSA) is 38.0 Å². The number of rotatable bonds is 6. The number of aromatic nitrogens is 2. The molecule has 0 saturated heterocycles. The van der Waals surface area contributed by atoms with Gasteiger partial charge < -0.3 is 9.67 Å². The molecule has 21 heavy (non-hydrogen) atoms. The normalized spacial score (nSPS) is 13.3. The van der Waals surface area contributed by atoms with Gasteiger partial charge in [-0.05, 0) is 37.0 Å². The van der Waals surface area contributed by atoms with E-state index >= 15 is 0 Å². The average Bonchev–Trinajstić information content (AvgIpc) is 2.91. The van der Waals surface area contributed by atoms with Crippen molar-refractivity contribution in [2.75, 3.05) is 0 Å². The first-order valence-corrected chi connectivity index (χ1v) is 6.75. The van der Waals surface area contributed by atoms with Gasteiger partial charge in [-0.1, -0.05) is 12.1 Å². The van der Waals surface area contributed by atoms with Crippen molar-refractivity contribution in [3.05, 3.63) is 54.1 Å². The van der Waals surface area contributed by atoms with Gasteiger partial charge in [-0.2, -0.15) is 13.2 Å². The van der Waals surface area contributed by atoms with Gasteiger partial charge in [0.05, 0.1) is 18.0 Å². The van der Waals surface area contributed by atoms with Crippen LogP contribution in [0.15, 0.2) is 43.0 Å². The van der Waals surface area contributed by atoms with Crippen LogP contribution in [0, 0.1) is 0 Å². The molecule has 0 aliphatic carbocycles. The molecular weight excluding hydrogens is 281 g/mol. The van der Waals surface area contributed by atoms with Gasteiger partial charge in [-0.3, -0.25) is 0 Å². The molecule has 0 spiro atoms. The van der Waals surface area contributed by atoms with E-state index in [0.717, 1.165) is 24.1 Å². The number of hydrogen-bond donors (Lipinski definition) is 1. The number of aliphatic hydroxyl groups is 1. The minimum Gasteiger partial charge on any atom is -0.391 e. The smallest absolute Gasteiger partial charge is 0.391 e. The van der Waals surface area contributed by atoms with Crippen LogP contribution in [-0.4, -0.2) is 20.8 Å². The Morgan fingerprint density at radius 1 is 1.19 bits per heavy atom. The lowest BCUT2D eigenvalue weighted by Crippen LogP contribution is -2.15. The Kier molecular flexibility index (Phi) is 5.01. The summed E-state index contributed by atoms with van der Waals surface area (Å²) in [5, 5.41) is 9.85. The molecule has 1 unspecified atom stereocenters. The number of imidazole rings is 1. The third kappa shape index (κ3) is 4.90. The molecule has 0 aliphatic rings. The Balaban J connectivity index is 1.75. The summed E-state index contributed by atoms with van der Waals surface area (Å²) in [5.41, 5.74) is 0.212. The number of nitrogens with zero attached hydrogens (tertiary/aromatic N) is 2. The maximum Gasteiger partial charge on any atom is 0.416 e. The first-order chi connectivity index (χ1) is 9.95. The van der Waals surface area contributed by atoms with E-state index in [2.05, 4.69) is 4.98 Å². The van der Waals surface area contributed by atoms with Crippen molar-refractivity contribution in [3.8, 4) is 0 Å². The second-order valence-electron chi connectivity index (χ2n) is 5.00. The van der Waals surface area contributed by atoms with Gasteiger partial charge in [0, 0.05) is 18.9 Å². The van der Waals surface area contributed by atoms with Crippen LogP contribution >= 0.6 is 0 Å². The molecule has 2 rings (SSSR count). The van der Waals surface area contributed by atoms with E-state index in [0.29, 0.717) is 19.4 Å². The van der Waals surface area contributed by atoms with E-state index in [-0.39, 0.29) is 0 Å². The highest BCUT2D eigenvalue weighted by atomic mass is 19.4. The van der Waals surface area contributed by atoms with Gasteiger partial charge in [0.25, 0.3) is 0 Å². The molecule has 1 aromatic carbocycles. The predicted molar refractivity (Wildman–Crippen MR) is 72.6 cm³/mol. The molecule has 6 heteroatoms. The van der Waals surface area contributed by atoms with Crippen molar-refractivity contribution >= 4 is 0 Å². The molecule has 3 nitrogen and oxygen atoms in total. The van der Waals surface area contributed by atoms with Crippen LogP contribution in [0.5, 0.6) is 0 Å². The standard InChI is InChI=1S/C15H17F3N2O/c16-15(17,18)13-6-4-12(5-7-13)2-1-3-14(21)10-20-9-8-19-11-20/h4-9,11,14,21H,1-3,10H2. The summed E-state index contributed by atoms with van der Waals surface area (Å²) in [6, 6.07) is 5.17. The summed E-state index contributed by atoms with van der Waals surface area (Å²) < 4.78 is 39.0. The Hall–Kier alpha value is -1.82. The maximum atomic E-state index is 12.4. The van der Waals surface area contributed by atoms with E-state index in [9.17, 15) is 18.3 Å². The number of alkyl halides is 3. The lowest BCUT2D eigenvalue weighted by molar-refractivity contribution is -0.137. The Bertz CT molecular complexity index is 535. The van der Waals surface area contributed by atoms with Crippen LogP contribution in [0.25, 0.3) is 0 Å². The van der Waals surface area contributed by atoms with Gasteiger partial charge in [0.1, 0.15) is 0 Å². The molecule has 0 saturated carbocycles. The van der Waals surface area contributed by atoms with Crippen LogP contribution in [-0.2, 0) is 19.1 Å². The summed E-state index contributed by atoms with van der Waals surface area (Å²) in [6.45, 7) is 0.479. The monoisotopic (exact) mass is 298 g/mol. The number of aliphatic hydroxyl groups excluding tert-OH is 1. The van der Waals surface area contributed by atoms with E-state index in [1.165, 1.54) is 12.1 Å². The molecule has 0 amide bonds. The van der Waals surface area contributed by atoms with E-state index in [1.54, 1.807) is 23.3 Å². The molecule has 1 N–H and O–H groups in total. The molecule has 2 aromatic rings. The minimum absolute atomic E-state index is 0.478. The van der Waals surface area contributed by atoms with Crippen LogP contribution in [0.3, 0.4) is 0 Å². The van der Waals surface area contributed by atoms with Crippen molar-refractivity contribution in [1.82, 2.24) is 9.55 Å². The predicted octanol–water partition coefficient (Wildman–Crippen LogP) is 3.29. The van der Waals surface area contributed by atoms with Crippen molar-refractivity contribution in [1.29, 1.82) is 0 Å². The summed E-state index contributed by atoms with van der Waals surface area (Å²) >= 11 is 0. The van der Waals surface area contributed by atoms with Crippen molar-refractivity contribution in [2.45, 2.75) is 38.1 Å². The van der Waals surface area contributed by atoms with Gasteiger partial charge in [-0.25, -0.2) is 4.98 Å². The van der Waals surface area contributed by atoms with Gasteiger partial charge >= 0.3 is 6.18 Å². The fourth-order valence-corrected chi connectivity index (χ4v) is 2.13. The van der Waals surface area contributed by atoms with Crippen LogP contribution < -0.4 is 0 Å². The third-order valence-electron chi connectivity index (χ3n) is 3.26. The summed E-state index contributed by atoms with van der Waals surface area (Å²) in [4.78, 5) is 3.89. The Morgan fingerprint density at radius 3 is 2.48 bits per heavy atom. The first kappa shape index (κ1) is 15.6. The fourth-order valence-electron chi connectivity index (χ4n) is 2.13. The SMILES string of the molecule is OC(CCCc1ccc(C(F)(F)F)cc1)Cn1ccnc1. The fraction of sp³-hybridized carbons (Fsp3) is 0.400. The van der Waals surface area contributed by atoms with Gasteiger partial charge in [0.2, 0.25) is 0 Å². The number of halogens is 3. The number of aryl methyl sites for hydroxylation is 1. The van der Waals surface area contributed by atoms with Crippen LogP contribution in [0.4, 0.5) is 13.2 Å². The highest BCUT2D eigenvalue weighted by Crippen LogP contribution is 2.29. The second-order valence-corrected chi connectivity index (χ2v) is 5.00. The zero-order chi connectivity index (χ0) is 15.3. The van der Waals surface area contributed by atoms with Crippen molar-refractivity contribution in [3.63, 3.8) is 0 Å². The van der Waals surface area contributed by atoms with E-state index < -0.39 is 17.8 Å². The lowest BCUT2D eigenvalue weighted by atomic mass is 10.0. The highest BCUT2D eigenvalue weighted by molar-refractivity contribution is 5.24. The molecule has 1 aromatic heterocycles. The van der Waals surface area contributed by atoms with E-state index in [4.69, 9.17) is 0 Å². The average molecular weight is 298 g/mol. The number of benzene rings is 1. The van der Waals surface area contributed by atoms with Crippen molar-refractivity contribution in [2.24, 2.45) is 0 Å². The third-order valence-corrected chi connectivity index (χ3v) is 3.26. The van der Waals surface area contributed by atoms with E-state index in [1.807, 2.05) is 0 Å². The largest absolute Gasteiger partial charge is 0.416 e. The highest BCUT2D eigenvalue weighted by Gasteiger charge is 2.29. The quantitative estimate of drug-likeness (QED) is 0.888. The summed E-state index contributed by atoms with van der Waals surface area (Å²) in [6.07, 6.45) is 2.26. The molecule has 0 aliphatic heterocycles.